The van der Waals surface area contributed by atoms with Crippen LogP contribution in [0.2, 0.25) is 0 Å². The number of carbonyl (C=O) groups is 1. The fraction of sp³-hybridized carbons (Fsp3) is 0.909. The van der Waals surface area contributed by atoms with E-state index < -0.39 is 0 Å². The minimum absolute atomic E-state index is 0.155. The predicted octanol–water partition coefficient (Wildman–Crippen LogP) is 0.725. The Hall–Kier alpha value is -0.610. The van der Waals surface area contributed by atoms with E-state index in [1.54, 1.807) is 26.1 Å². The molecule has 1 amide bonds. The van der Waals surface area contributed by atoms with Gasteiger partial charge in [-0.2, -0.15) is 0 Å². The van der Waals surface area contributed by atoms with E-state index in [9.17, 15) is 4.79 Å². The maximum Gasteiger partial charge on any atom is 0.223 e. The second-order valence-corrected chi connectivity index (χ2v) is 4.30. The zero-order valence-corrected chi connectivity index (χ0v) is 10.5. The highest BCUT2D eigenvalue weighted by Gasteiger charge is 2.12. The van der Waals surface area contributed by atoms with Gasteiger partial charge in [0, 0.05) is 40.2 Å². The Morgan fingerprint density at radius 3 is 2.40 bits per heavy atom. The lowest BCUT2D eigenvalue weighted by molar-refractivity contribution is -0.128. The lowest BCUT2D eigenvalue weighted by Crippen LogP contribution is -2.39. The van der Waals surface area contributed by atoms with Gasteiger partial charge in [0.25, 0.3) is 0 Å². The molecule has 4 nitrogen and oxygen atoms in total. The summed E-state index contributed by atoms with van der Waals surface area (Å²) in [7, 11) is 5.25. The normalized spacial score (nSPS) is 12.9. The quantitative estimate of drug-likeness (QED) is 0.682. The second kappa shape index (κ2) is 7.65. The third kappa shape index (κ3) is 6.47. The monoisotopic (exact) mass is 216 g/mol. The largest absolute Gasteiger partial charge is 0.383 e. The zero-order valence-electron chi connectivity index (χ0n) is 10.5. The number of nitrogens with one attached hydrogen (secondary N) is 1. The number of carbonyl (C=O) groups excluding carboxylic acids is 1. The van der Waals surface area contributed by atoms with E-state index in [1.165, 1.54) is 0 Å². The van der Waals surface area contributed by atoms with Gasteiger partial charge in [-0.3, -0.25) is 4.79 Å². The topological polar surface area (TPSA) is 41.6 Å². The molecule has 0 saturated heterocycles. The molecule has 0 aliphatic rings. The molecule has 0 radical (unpaired) electrons. The maximum absolute atomic E-state index is 11.3. The highest BCUT2D eigenvalue weighted by molar-refractivity contribution is 5.75. The van der Waals surface area contributed by atoms with Gasteiger partial charge in [-0.15, -0.1) is 0 Å². The molecular formula is C11H24N2O2. The molecule has 0 aromatic heterocycles. The molecule has 1 atom stereocenters. The molecule has 0 spiro atoms. The summed E-state index contributed by atoms with van der Waals surface area (Å²) in [5.74, 6) is 0.668. The van der Waals surface area contributed by atoms with Crippen LogP contribution in [-0.4, -0.2) is 51.2 Å². The van der Waals surface area contributed by atoms with E-state index in [0.29, 0.717) is 31.5 Å². The van der Waals surface area contributed by atoms with E-state index >= 15 is 0 Å². The van der Waals surface area contributed by atoms with Crippen LogP contribution in [0, 0.1) is 5.92 Å². The summed E-state index contributed by atoms with van der Waals surface area (Å²) < 4.78 is 5.11. The van der Waals surface area contributed by atoms with Crippen molar-refractivity contribution >= 4 is 5.91 Å². The molecule has 0 aliphatic carbocycles. The molecule has 1 unspecified atom stereocenters. The number of nitrogens with zero attached hydrogens (tertiary/aromatic N) is 1. The first-order valence-electron chi connectivity index (χ1n) is 5.41. The van der Waals surface area contributed by atoms with Crippen LogP contribution >= 0.6 is 0 Å². The fourth-order valence-corrected chi connectivity index (χ4v) is 1.25. The molecule has 0 rings (SSSR count). The summed E-state index contributed by atoms with van der Waals surface area (Å²) in [5, 5.41) is 3.33. The molecule has 15 heavy (non-hydrogen) atoms. The molecule has 0 aliphatic heterocycles. The maximum atomic E-state index is 11.3. The van der Waals surface area contributed by atoms with Crippen molar-refractivity contribution in [2.24, 2.45) is 5.92 Å². The first kappa shape index (κ1) is 14.4. The lowest BCUT2D eigenvalue weighted by atomic mass is 10.1. The van der Waals surface area contributed by atoms with Gasteiger partial charge in [0.15, 0.2) is 0 Å². The minimum Gasteiger partial charge on any atom is -0.383 e. The Balaban J connectivity index is 3.75. The molecule has 0 aromatic carbocycles. The van der Waals surface area contributed by atoms with E-state index in [0.717, 1.165) is 0 Å². The van der Waals surface area contributed by atoms with Crippen molar-refractivity contribution in [2.45, 2.75) is 26.3 Å². The SMILES string of the molecule is COCC(NCCC(=O)N(C)C)C(C)C. The number of methoxy groups -OCH3 is 1. The number of rotatable bonds is 7. The van der Waals surface area contributed by atoms with Gasteiger partial charge in [-0.05, 0) is 5.92 Å². The minimum atomic E-state index is 0.155. The number of ether oxygens (including phenoxy) is 1. The molecule has 0 fully saturated rings. The summed E-state index contributed by atoms with van der Waals surface area (Å²) in [6.07, 6.45) is 0.542. The molecule has 90 valence electrons. The Morgan fingerprint density at radius 1 is 1.40 bits per heavy atom. The van der Waals surface area contributed by atoms with Crippen LogP contribution in [0.5, 0.6) is 0 Å². The Kier molecular flexibility index (Phi) is 7.34. The van der Waals surface area contributed by atoms with Crippen molar-refractivity contribution in [1.82, 2.24) is 10.2 Å². The first-order valence-corrected chi connectivity index (χ1v) is 5.41. The smallest absolute Gasteiger partial charge is 0.223 e. The third-order valence-electron chi connectivity index (χ3n) is 2.40. The van der Waals surface area contributed by atoms with Crippen LogP contribution in [0.4, 0.5) is 0 Å². The lowest BCUT2D eigenvalue weighted by Gasteiger charge is -2.21. The van der Waals surface area contributed by atoms with Gasteiger partial charge in [-0.25, -0.2) is 0 Å². The second-order valence-electron chi connectivity index (χ2n) is 4.30. The van der Waals surface area contributed by atoms with Gasteiger partial charge in [0.05, 0.1) is 6.61 Å². The summed E-state index contributed by atoms with van der Waals surface area (Å²) in [6, 6.07) is 0.324. The molecule has 4 heteroatoms. The van der Waals surface area contributed by atoms with E-state index in [-0.39, 0.29) is 5.91 Å². The predicted molar refractivity (Wildman–Crippen MR) is 61.8 cm³/mol. The van der Waals surface area contributed by atoms with Crippen molar-refractivity contribution < 1.29 is 9.53 Å². The molecule has 1 N–H and O–H groups in total. The zero-order chi connectivity index (χ0) is 11.8. The van der Waals surface area contributed by atoms with Gasteiger partial charge < -0.3 is 15.0 Å². The number of hydrogen-bond acceptors (Lipinski definition) is 3. The summed E-state index contributed by atoms with van der Waals surface area (Å²) in [4.78, 5) is 12.9. The van der Waals surface area contributed by atoms with Crippen LogP contribution in [0.25, 0.3) is 0 Å². The summed E-state index contributed by atoms with van der Waals surface area (Å²) in [6.45, 7) is 5.69. The highest BCUT2D eigenvalue weighted by atomic mass is 16.5. The first-order chi connectivity index (χ1) is 6.99. The van der Waals surface area contributed by atoms with E-state index in [2.05, 4.69) is 19.2 Å². The van der Waals surface area contributed by atoms with Gasteiger partial charge >= 0.3 is 0 Å². The Bertz CT molecular complexity index is 181. The van der Waals surface area contributed by atoms with E-state index in [4.69, 9.17) is 4.74 Å². The fourth-order valence-electron chi connectivity index (χ4n) is 1.25. The van der Waals surface area contributed by atoms with Crippen LogP contribution in [0.3, 0.4) is 0 Å². The van der Waals surface area contributed by atoms with Crippen LogP contribution < -0.4 is 5.32 Å². The highest BCUT2D eigenvalue weighted by Crippen LogP contribution is 2.01. The van der Waals surface area contributed by atoms with Crippen molar-refractivity contribution in [3.63, 3.8) is 0 Å². The van der Waals surface area contributed by atoms with Crippen LogP contribution in [0.15, 0.2) is 0 Å². The standard InChI is InChI=1S/C11H24N2O2/c1-9(2)10(8-15-5)12-7-6-11(14)13(3)4/h9-10,12H,6-8H2,1-5H3. The number of amides is 1. The third-order valence-corrected chi connectivity index (χ3v) is 2.40. The average Bonchev–Trinajstić information content (AvgIpc) is 2.15. The van der Waals surface area contributed by atoms with Crippen LogP contribution in [-0.2, 0) is 9.53 Å². The Labute approximate surface area is 93.0 Å². The molecule has 0 heterocycles. The van der Waals surface area contributed by atoms with Gasteiger partial charge in [-0.1, -0.05) is 13.8 Å². The molecule has 0 aromatic rings. The molecule has 0 saturated carbocycles. The molecular weight excluding hydrogens is 192 g/mol. The van der Waals surface area contributed by atoms with Crippen molar-refractivity contribution in [3.8, 4) is 0 Å². The summed E-state index contributed by atoms with van der Waals surface area (Å²) >= 11 is 0. The van der Waals surface area contributed by atoms with Gasteiger partial charge in [0.2, 0.25) is 5.91 Å². The van der Waals surface area contributed by atoms with Crippen molar-refractivity contribution in [2.75, 3.05) is 34.4 Å². The van der Waals surface area contributed by atoms with E-state index in [1.807, 2.05) is 0 Å². The average molecular weight is 216 g/mol. The summed E-state index contributed by atoms with van der Waals surface area (Å²) in [5.41, 5.74) is 0. The van der Waals surface area contributed by atoms with Crippen LogP contribution in [0.1, 0.15) is 20.3 Å². The van der Waals surface area contributed by atoms with Crippen molar-refractivity contribution in [1.29, 1.82) is 0 Å². The number of hydrogen-bond donors (Lipinski definition) is 1. The Morgan fingerprint density at radius 2 is 2.00 bits per heavy atom. The van der Waals surface area contributed by atoms with Gasteiger partial charge in [0.1, 0.15) is 0 Å². The van der Waals surface area contributed by atoms with Crippen molar-refractivity contribution in [3.05, 3.63) is 0 Å². The molecule has 0 bridgehead atoms.